The quantitative estimate of drug-likeness (QED) is 0.575. The van der Waals surface area contributed by atoms with E-state index < -0.39 is 5.97 Å². The minimum Gasteiger partial charge on any atom is -0.462 e. The number of likely N-dealkylation sites (N-methyl/N-ethyl adjacent to an activating group) is 1. The fourth-order valence-corrected chi connectivity index (χ4v) is 3.00. The van der Waals surface area contributed by atoms with Gasteiger partial charge in [-0.05, 0) is 51.3 Å². The van der Waals surface area contributed by atoms with Crippen molar-refractivity contribution in [2.45, 2.75) is 53.5 Å². The average Bonchev–Trinajstić information content (AvgIpc) is 2.54. The molecule has 0 aromatic heterocycles. The number of esters is 1. The molecule has 0 aliphatic carbocycles. The molecule has 25 heavy (non-hydrogen) atoms. The molecule has 5 nitrogen and oxygen atoms in total. The van der Waals surface area contributed by atoms with E-state index in [1.54, 1.807) is 13.0 Å². The second kappa shape index (κ2) is 8.99. The maximum Gasteiger partial charge on any atom is 0.340 e. The molecule has 0 aliphatic heterocycles. The van der Waals surface area contributed by atoms with E-state index in [2.05, 4.69) is 33.3 Å². The molecule has 1 aromatic carbocycles. The Hall–Kier alpha value is -1.88. The molecule has 0 bridgehead atoms. The molecular formula is C20H33N2O3+. The predicted molar refractivity (Wildman–Crippen MR) is 102 cm³/mol. The van der Waals surface area contributed by atoms with Gasteiger partial charge in [0.15, 0.2) is 6.04 Å². The molecule has 1 rings (SSSR count). The molecule has 0 radical (unpaired) electrons. The van der Waals surface area contributed by atoms with Crippen LogP contribution in [-0.4, -0.2) is 49.6 Å². The molecule has 1 aromatic rings. The predicted octanol–water partition coefficient (Wildman–Crippen LogP) is 3.68. The number of carbonyl (C=O) groups is 2. The Morgan fingerprint density at radius 1 is 1.16 bits per heavy atom. The van der Waals surface area contributed by atoms with Crippen LogP contribution < -0.4 is 5.32 Å². The van der Waals surface area contributed by atoms with Crippen LogP contribution in [0.4, 0.5) is 5.69 Å². The van der Waals surface area contributed by atoms with Crippen molar-refractivity contribution in [1.29, 1.82) is 0 Å². The van der Waals surface area contributed by atoms with Gasteiger partial charge in [0.1, 0.15) is 0 Å². The molecular weight excluding hydrogens is 316 g/mol. The third-order valence-electron chi connectivity index (χ3n) is 4.75. The Kier molecular flexibility index (Phi) is 7.61. The number of amides is 1. The summed E-state index contributed by atoms with van der Waals surface area (Å²) in [5.74, 6) is -0.452. The fourth-order valence-electron chi connectivity index (χ4n) is 3.00. The number of benzene rings is 1. The van der Waals surface area contributed by atoms with Gasteiger partial charge in [0, 0.05) is 6.42 Å². The van der Waals surface area contributed by atoms with Crippen LogP contribution in [-0.2, 0) is 9.53 Å². The summed E-state index contributed by atoms with van der Waals surface area (Å²) in [5.41, 5.74) is 2.82. The number of carbonyl (C=O) groups excluding carboxylic acids is 2. The van der Waals surface area contributed by atoms with Gasteiger partial charge in [0.05, 0.1) is 38.5 Å². The maximum atomic E-state index is 13.0. The highest BCUT2D eigenvalue weighted by atomic mass is 16.5. The number of anilines is 1. The first-order chi connectivity index (χ1) is 11.7. The number of quaternary nitrogens is 1. The van der Waals surface area contributed by atoms with Crippen molar-refractivity contribution in [3.8, 4) is 0 Å². The molecule has 0 saturated carbocycles. The van der Waals surface area contributed by atoms with Crippen LogP contribution in [0.1, 0.15) is 55.1 Å². The number of nitrogens with one attached hydrogen (secondary N) is 1. The Labute approximate surface area is 151 Å². The first-order valence-corrected chi connectivity index (χ1v) is 9.09. The lowest BCUT2D eigenvalue weighted by atomic mass is 10.0. The first-order valence-electron chi connectivity index (χ1n) is 9.09. The van der Waals surface area contributed by atoms with Crippen molar-refractivity contribution in [3.63, 3.8) is 0 Å². The standard InChI is InChI=1S/C20H32N2O3/c1-8-11-17(22(6,7)9-2)19(23)21-18-15(5)12-14(4)13-16(18)20(24)25-10-3/h12-13,17H,8-11H2,1-7H3/p+1. The highest BCUT2D eigenvalue weighted by Crippen LogP contribution is 2.25. The molecule has 0 aliphatic rings. The highest BCUT2D eigenvalue weighted by Gasteiger charge is 2.33. The highest BCUT2D eigenvalue weighted by molar-refractivity contribution is 6.03. The monoisotopic (exact) mass is 349 g/mol. The minimum atomic E-state index is -0.402. The summed E-state index contributed by atoms with van der Waals surface area (Å²) in [4.78, 5) is 25.3. The zero-order chi connectivity index (χ0) is 19.2. The summed E-state index contributed by atoms with van der Waals surface area (Å²) in [6.45, 7) is 10.9. The van der Waals surface area contributed by atoms with E-state index in [0.717, 1.165) is 30.5 Å². The zero-order valence-electron chi connectivity index (χ0n) is 16.7. The number of hydrogen-bond donors (Lipinski definition) is 1. The Morgan fingerprint density at radius 2 is 1.80 bits per heavy atom. The molecule has 140 valence electrons. The molecule has 0 saturated heterocycles. The first kappa shape index (κ1) is 21.2. The van der Waals surface area contributed by atoms with E-state index >= 15 is 0 Å². The van der Waals surface area contributed by atoms with E-state index in [-0.39, 0.29) is 11.9 Å². The molecule has 0 spiro atoms. The summed E-state index contributed by atoms with van der Waals surface area (Å²) in [6.07, 6.45) is 1.73. The van der Waals surface area contributed by atoms with E-state index in [9.17, 15) is 9.59 Å². The largest absolute Gasteiger partial charge is 0.462 e. The second-order valence-corrected chi connectivity index (χ2v) is 7.11. The van der Waals surface area contributed by atoms with Crippen LogP contribution in [0.15, 0.2) is 12.1 Å². The summed E-state index contributed by atoms with van der Waals surface area (Å²) in [5, 5.41) is 3.02. The van der Waals surface area contributed by atoms with Gasteiger partial charge in [-0.3, -0.25) is 4.79 Å². The maximum absolute atomic E-state index is 13.0. The van der Waals surface area contributed by atoms with Gasteiger partial charge in [-0.15, -0.1) is 0 Å². The van der Waals surface area contributed by atoms with Crippen molar-refractivity contribution in [2.24, 2.45) is 0 Å². The van der Waals surface area contributed by atoms with Crippen LogP contribution in [0.25, 0.3) is 0 Å². The zero-order valence-corrected chi connectivity index (χ0v) is 16.7. The van der Waals surface area contributed by atoms with Gasteiger partial charge in [-0.25, -0.2) is 4.79 Å². The second-order valence-electron chi connectivity index (χ2n) is 7.11. The number of hydrogen-bond acceptors (Lipinski definition) is 3. The number of aryl methyl sites for hydroxylation is 2. The molecule has 5 heteroatoms. The van der Waals surface area contributed by atoms with Crippen molar-refractivity contribution >= 4 is 17.6 Å². The summed E-state index contributed by atoms with van der Waals surface area (Å²) in [6, 6.07) is 3.58. The third kappa shape index (κ3) is 5.30. The Bertz CT molecular complexity index is 624. The van der Waals surface area contributed by atoms with Crippen molar-refractivity contribution in [1.82, 2.24) is 0 Å². The van der Waals surface area contributed by atoms with Crippen LogP contribution in [0.5, 0.6) is 0 Å². The smallest absolute Gasteiger partial charge is 0.340 e. The molecule has 1 atom stereocenters. The normalized spacial score (nSPS) is 12.6. The lowest BCUT2D eigenvalue weighted by molar-refractivity contribution is -0.904. The summed E-state index contributed by atoms with van der Waals surface area (Å²) in [7, 11) is 4.13. The topological polar surface area (TPSA) is 55.4 Å². The van der Waals surface area contributed by atoms with Crippen LogP contribution in [0.3, 0.4) is 0 Å². The summed E-state index contributed by atoms with van der Waals surface area (Å²) >= 11 is 0. The number of ether oxygens (including phenoxy) is 1. The third-order valence-corrected chi connectivity index (χ3v) is 4.75. The van der Waals surface area contributed by atoms with E-state index in [1.165, 1.54) is 0 Å². The van der Waals surface area contributed by atoms with Crippen molar-refractivity contribution in [3.05, 3.63) is 28.8 Å². The lowest BCUT2D eigenvalue weighted by Crippen LogP contribution is -2.54. The molecule has 1 N–H and O–H groups in total. The summed E-state index contributed by atoms with van der Waals surface area (Å²) < 4.78 is 5.77. The van der Waals surface area contributed by atoms with Gasteiger partial charge < -0.3 is 14.5 Å². The van der Waals surface area contributed by atoms with Crippen molar-refractivity contribution in [2.75, 3.05) is 32.6 Å². The van der Waals surface area contributed by atoms with Crippen molar-refractivity contribution < 1.29 is 18.8 Å². The van der Waals surface area contributed by atoms with Gasteiger partial charge in [0.25, 0.3) is 5.91 Å². The van der Waals surface area contributed by atoms with Gasteiger partial charge in [0.2, 0.25) is 0 Å². The van der Waals surface area contributed by atoms with Gasteiger partial charge >= 0.3 is 5.97 Å². The average molecular weight is 349 g/mol. The molecule has 0 fully saturated rings. The van der Waals surface area contributed by atoms with E-state index in [4.69, 9.17) is 4.74 Å². The minimum absolute atomic E-state index is 0.0498. The van der Waals surface area contributed by atoms with E-state index in [0.29, 0.717) is 22.3 Å². The van der Waals surface area contributed by atoms with Crippen LogP contribution in [0.2, 0.25) is 0 Å². The van der Waals surface area contributed by atoms with Gasteiger partial charge in [-0.2, -0.15) is 0 Å². The Balaban J connectivity index is 3.23. The molecule has 0 heterocycles. The van der Waals surface area contributed by atoms with Crippen LogP contribution in [0, 0.1) is 13.8 Å². The molecule has 1 unspecified atom stereocenters. The van der Waals surface area contributed by atoms with Crippen LogP contribution >= 0.6 is 0 Å². The fraction of sp³-hybridized carbons (Fsp3) is 0.600. The Morgan fingerprint density at radius 3 is 2.32 bits per heavy atom. The lowest BCUT2D eigenvalue weighted by Gasteiger charge is -2.36. The van der Waals surface area contributed by atoms with E-state index in [1.807, 2.05) is 19.9 Å². The number of rotatable bonds is 8. The SMILES string of the molecule is CCCC(C(=O)Nc1c(C)cc(C)cc1C(=O)OCC)[N+](C)(C)CC. The molecule has 1 amide bonds. The number of nitrogens with zero attached hydrogens (tertiary/aromatic N) is 1. The van der Waals surface area contributed by atoms with Gasteiger partial charge in [-0.1, -0.05) is 13.0 Å².